The van der Waals surface area contributed by atoms with Gasteiger partial charge in [0.05, 0.1) is 12.1 Å². The average Bonchev–Trinajstić information content (AvgIpc) is 3.24. The summed E-state index contributed by atoms with van der Waals surface area (Å²) in [6.45, 7) is 2.05. The van der Waals surface area contributed by atoms with E-state index in [1.54, 1.807) is 24.3 Å². The molecule has 7 nitrogen and oxygen atoms in total. The highest BCUT2D eigenvalue weighted by Crippen LogP contribution is 2.19. The number of benzene rings is 1. The molecule has 1 aromatic rings. The van der Waals surface area contributed by atoms with Crippen LogP contribution in [0.2, 0.25) is 0 Å². The van der Waals surface area contributed by atoms with Crippen molar-refractivity contribution in [3.05, 3.63) is 24.3 Å². The summed E-state index contributed by atoms with van der Waals surface area (Å²) in [5.74, 6) is 0.350. The van der Waals surface area contributed by atoms with Crippen molar-refractivity contribution >= 4 is 29.9 Å². The number of likely N-dealkylation sites (tertiary alicyclic amines) is 1. The zero-order valence-corrected chi connectivity index (χ0v) is 14.8. The summed E-state index contributed by atoms with van der Waals surface area (Å²) in [4.78, 5) is 25.9. The van der Waals surface area contributed by atoms with Crippen molar-refractivity contribution in [1.82, 2.24) is 10.2 Å². The zero-order valence-electron chi connectivity index (χ0n) is 13.9. The van der Waals surface area contributed by atoms with Gasteiger partial charge in [-0.15, -0.1) is 12.4 Å². The van der Waals surface area contributed by atoms with Crippen molar-refractivity contribution in [2.75, 3.05) is 31.6 Å². The first-order valence-electron chi connectivity index (χ1n) is 8.35. The highest BCUT2D eigenvalue weighted by atomic mass is 35.5. The molecule has 25 heavy (non-hydrogen) atoms. The number of aliphatic hydroxyl groups excluding tert-OH is 1. The standard InChI is InChI=1S/C17H23N3O4.ClH/c21-13-9-15(18-10-13)17(23)19-12-4-3-5-14(8-12)24-11-16(22)20-6-1-2-7-20;/h3-5,8,13,15,18,21H,1-2,6-7,9-11H2,(H,19,23);1H. The van der Waals surface area contributed by atoms with Crippen molar-refractivity contribution in [3.63, 3.8) is 0 Å². The van der Waals surface area contributed by atoms with E-state index in [-0.39, 0.29) is 36.9 Å². The van der Waals surface area contributed by atoms with E-state index in [1.807, 2.05) is 4.90 Å². The number of aliphatic hydroxyl groups is 1. The minimum Gasteiger partial charge on any atom is -0.484 e. The van der Waals surface area contributed by atoms with Crippen LogP contribution in [0.25, 0.3) is 0 Å². The second-order valence-corrected chi connectivity index (χ2v) is 6.24. The van der Waals surface area contributed by atoms with E-state index in [4.69, 9.17) is 4.74 Å². The maximum absolute atomic E-state index is 12.1. The van der Waals surface area contributed by atoms with Crippen LogP contribution in [-0.4, -0.2) is 60.2 Å². The molecule has 1 aromatic carbocycles. The summed E-state index contributed by atoms with van der Waals surface area (Å²) in [7, 11) is 0. The van der Waals surface area contributed by atoms with Crippen LogP contribution in [-0.2, 0) is 9.59 Å². The average molecular weight is 370 g/mol. The van der Waals surface area contributed by atoms with Gasteiger partial charge in [-0.05, 0) is 31.4 Å². The third-order valence-electron chi connectivity index (χ3n) is 4.35. The Morgan fingerprint density at radius 1 is 1.32 bits per heavy atom. The maximum Gasteiger partial charge on any atom is 0.260 e. The predicted molar refractivity (Wildman–Crippen MR) is 96.0 cm³/mol. The number of carbonyl (C=O) groups excluding carboxylic acids is 2. The molecule has 0 aliphatic carbocycles. The molecule has 2 saturated heterocycles. The van der Waals surface area contributed by atoms with Crippen LogP contribution in [0.15, 0.2) is 24.3 Å². The Balaban J connectivity index is 0.00000225. The Morgan fingerprint density at radius 2 is 2.08 bits per heavy atom. The number of ether oxygens (including phenoxy) is 1. The largest absolute Gasteiger partial charge is 0.484 e. The van der Waals surface area contributed by atoms with Gasteiger partial charge in [-0.3, -0.25) is 9.59 Å². The summed E-state index contributed by atoms with van der Waals surface area (Å²) in [6, 6.07) is 6.59. The summed E-state index contributed by atoms with van der Waals surface area (Å²) < 4.78 is 5.55. The van der Waals surface area contributed by atoms with Gasteiger partial charge in [0.1, 0.15) is 5.75 Å². The molecule has 2 aliphatic heterocycles. The summed E-state index contributed by atoms with van der Waals surface area (Å²) in [5, 5.41) is 15.2. The number of β-amino-alcohol motifs (C(OH)–C–C–N with tert-alkyl or cyclic N) is 1. The molecule has 2 unspecified atom stereocenters. The highest BCUT2D eigenvalue weighted by molar-refractivity contribution is 5.95. The molecular weight excluding hydrogens is 346 g/mol. The lowest BCUT2D eigenvalue weighted by molar-refractivity contribution is -0.132. The van der Waals surface area contributed by atoms with Crippen LogP contribution in [0.3, 0.4) is 0 Å². The molecule has 0 radical (unpaired) electrons. The fourth-order valence-corrected chi connectivity index (χ4v) is 3.01. The van der Waals surface area contributed by atoms with Crippen LogP contribution in [0.4, 0.5) is 5.69 Å². The number of nitrogens with zero attached hydrogens (tertiary/aromatic N) is 1. The molecule has 3 N–H and O–H groups in total. The van der Waals surface area contributed by atoms with Crippen LogP contribution >= 0.6 is 12.4 Å². The Labute approximate surface area is 153 Å². The normalized spacial score (nSPS) is 22.4. The molecular formula is C17H24ClN3O4. The van der Waals surface area contributed by atoms with E-state index in [2.05, 4.69) is 10.6 Å². The number of hydrogen-bond acceptors (Lipinski definition) is 5. The number of nitrogens with one attached hydrogen (secondary N) is 2. The highest BCUT2D eigenvalue weighted by Gasteiger charge is 2.28. The van der Waals surface area contributed by atoms with Crippen molar-refractivity contribution in [3.8, 4) is 5.75 Å². The van der Waals surface area contributed by atoms with Crippen molar-refractivity contribution in [1.29, 1.82) is 0 Å². The van der Waals surface area contributed by atoms with Crippen molar-refractivity contribution in [2.24, 2.45) is 0 Å². The molecule has 0 spiro atoms. The second kappa shape index (κ2) is 9.03. The van der Waals surface area contributed by atoms with Gasteiger partial charge in [-0.2, -0.15) is 0 Å². The van der Waals surface area contributed by atoms with Gasteiger partial charge in [-0.25, -0.2) is 0 Å². The van der Waals surface area contributed by atoms with Crippen LogP contribution in [0.1, 0.15) is 19.3 Å². The summed E-state index contributed by atoms with van der Waals surface area (Å²) in [6.07, 6.45) is 2.03. The lowest BCUT2D eigenvalue weighted by atomic mass is 10.2. The van der Waals surface area contributed by atoms with Gasteiger partial charge < -0.3 is 25.4 Å². The van der Waals surface area contributed by atoms with Gasteiger partial charge in [0, 0.05) is 31.4 Å². The Morgan fingerprint density at radius 3 is 2.76 bits per heavy atom. The Bertz CT molecular complexity index is 607. The molecule has 0 aromatic heterocycles. The smallest absolute Gasteiger partial charge is 0.260 e. The number of amides is 2. The minimum atomic E-state index is -0.480. The fraction of sp³-hybridized carbons (Fsp3) is 0.529. The van der Waals surface area contributed by atoms with E-state index in [0.29, 0.717) is 24.4 Å². The topological polar surface area (TPSA) is 90.9 Å². The minimum absolute atomic E-state index is 0. The van der Waals surface area contributed by atoms with Crippen LogP contribution in [0.5, 0.6) is 5.75 Å². The quantitative estimate of drug-likeness (QED) is 0.713. The van der Waals surface area contributed by atoms with Crippen LogP contribution in [0, 0.1) is 0 Å². The fourth-order valence-electron chi connectivity index (χ4n) is 3.01. The molecule has 138 valence electrons. The SMILES string of the molecule is Cl.O=C(Nc1cccc(OCC(=O)N2CCCC2)c1)C1CC(O)CN1. The van der Waals surface area contributed by atoms with E-state index >= 15 is 0 Å². The molecule has 2 aliphatic rings. The molecule has 2 fully saturated rings. The van der Waals surface area contributed by atoms with Gasteiger partial charge >= 0.3 is 0 Å². The van der Waals surface area contributed by atoms with E-state index in [0.717, 1.165) is 25.9 Å². The zero-order chi connectivity index (χ0) is 16.9. The van der Waals surface area contributed by atoms with Gasteiger partial charge in [-0.1, -0.05) is 6.07 Å². The second-order valence-electron chi connectivity index (χ2n) is 6.24. The van der Waals surface area contributed by atoms with E-state index in [1.165, 1.54) is 0 Å². The molecule has 0 saturated carbocycles. The monoisotopic (exact) mass is 369 g/mol. The molecule has 2 amide bonds. The number of rotatable bonds is 5. The molecule has 0 bridgehead atoms. The third-order valence-corrected chi connectivity index (χ3v) is 4.35. The lowest BCUT2D eigenvalue weighted by Gasteiger charge is -2.16. The molecule has 2 heterocycles. The van der Waals surface area contributed by atoms with Gasteiger partial charge in [0.2, 0.25) is 5.91 Å². The summed E-state index contributed by atoms with van der Waals surface area (Å²) >= 11 is 0. The Hall–Kier alpha value is -1.83. The number of anilines is 1. The summed E-state index contributed by atoms with van der Waals surface area (Å²) in [5.41, 5.74) is 0.606. The number of hydrogen-bond donors (Lipinski definition) is 3. The first-order chi connectivity index (χ1) is 11.6. The Kier molecular flexibility index (Phi) is 7.04. The van der Waals surface area contributed by atoms with Crippen LogP contribution < -0.4 is 15.4 Å². The first-order valence-corrected chi connectivity index (χ1v) is 8.35. The molecule has 8 heteroatoms. The molecule has 3 rings (SSSR count). The number of carbonyl (C=O) groups is 2. The van der Waals surface area contributed by atoms with Crippen molar-refractivity contribution in [2.45, 2.75) is 31.4 Å². The molecule has 2 atom stereocenters. The van der Waals surface area contributed by atoms with E-state index in [9.17, 15) is 14.7 Å². The third kappa shape index (κ3) is 5.32. The van der Waals surface area contributed by atoms with Gasteiger partial charge in [0.15, 0.2) is 6.61 Å². The predicted octanol–water partition coefficient (Wildman–Crippen LogP) is 0.771. The van der Waals surface area contributed by atoms with E-state index < -0.39 is 6.10 Å². The maximum atomic E-state index is 12.1. The first kappa shape index (κ1) is 19.5. The lowest BCUT2D eigenvalue weighted by Crippen LogP contribution is -2.35. The van der Waals surface area contributed by atoms with Gasteiger partial charge in [0.25, 0.3) is 5.91 Å². The van der Waals surface area contributed by atoms with Crippen molar-refractivity contribution < 1.29 is 19.4 Å². The number of halogens is 1.